The number of hydrogen-bond acceptors (Lipinski definition) is 3. The lowest BCUT2D eigenvalue weighted by atomic mass is 9.97. The Labute approximate surface area is 145 Å². The van der Waals surface area contributed by atoms with E-state index in [9.17, 15) is 18.0 Å². The molecule has 1 aromatic heterocycles. The Bertz CT molecular complexity index is 544. The van der Waals surface area contributed by atoms with Crippen molar-refractivity contribution in [3.8, 4) is 5.88 Å². The minimum atomic E-state index is -4.41. The molecule has 2 N–H and O–H groups in total. The number of carbonyl (C=O) groups is 1. The van der Waals surface area contributed by atoms with E-state index in [1.54, 1.807) is 6.07 Å². The molecule has 0 radical (unpaired) electrons. The quantitative estimate of drug-likeness (QED) is 0.837. The van der Waals surface area contributed by atoms with Gasteiger partial charge in [-0.3, -0.25) is 0 Å². The number of amides is 2. The Kier molecular flexibility index (Phi) is 7.33. The summed E-state index contributed by atoms with van der Waals surface area (Å²) in [5.41, 5.74) is 0.625. The maximum Gasteiger partial charge on any atom is 0.422 e. The van der Waals surface area contributed by atoms with E-state index < -0.39 is 12.8 Å². The number of rotatable bonds is 5. The normalized spacial score (nSPS) is 16.6. The van der Waals surface area contributed by atoms with Gasteiger partial charge in [-0.05, 0) is 24.5 Å². The number of alkyl halides is 3. The number of carbonyl (C=O) groups excluding carboxylic acids is 1. The summed E-state index contributed by atoms with van der Waals surface area (Å²) < 4.78 is 41.1. The molecule has 1 aromatic rings. The number of urea groups is 1. The average molecular weight is 359 g/mol. The van der Waals surface area contributed by atoms with Crippen LogP contribution in [0.25, 0.3) is 0 Å². The predicted molar refractivity (Wildman–Crippen MR) is 87.3 cm³/mol. The van der Waals surface area contributed by atoms with Crippen molar-refractivity contribution in [2.24, 2.45) is 0 Å². The summed E-state index contributed by atoms with van der Waals surface area (Å²) in [6, 6.07) is 2.93. The van der Waals surface area contributed by atoms with Crippen molar-refractivity contribution < 1.29 is 22.7 Å². The fourth-order valence-corrected chi connectivity index (χ4v) is 2.81. The van der Waals surface area contributed by atoms with Crippen LogP contribution < -0.4 is 15.4 Å². The predicted octanol–water partition coefficient (Wildman–Crippen LogP) is 3.93. The molecule has 5 nitrogen and oxygen atoms in total. The third-order valence-corrected chi connectivity index (χ3v) is 4.08. The highest BCUT2D eigenvalue weighted by Gasteiger charge is 2.28. The van der Waals surface area contributed by atoms with Crippen molar-refractivity contribution in [3.05, 3.63) is 23.9 Å². The third-order valence-electron chi connectivity index (χ3n) is 4.08. The van der Waals surface area contributed by atoms with Crippen molar-refractivity contribution in [1.29, 1.82) is 0 Å². The van der Waals surface area contributed by atoms with Crippen LogP contribution in [0.2, 0.25) is 0 Å². The lowest BCUT2D eigenvalue weighted by Crippen LogP contribution is -2.42. The largest absolute Gasteiger partial charge is 0.468 e. The molecule has 1 saturated carbocycles. The molecular formula is C17H24F3N3O2. The first-order chi connectivity index (χ1) is 11.9. The number of ether oxygens (including phenoxy) is 1. The molecule has 2 amide bonds. The molecule has 1 fully saturated rings. The van der Waals surface area contributed by atoms with E-state index in [1.807, 2.05) is 0 Å². The number of halogens is 3. The summed E-state index contributed by atoms with van der Waals surface area (Å²) in [5, 5.41) is 5.70. The molecule has 2 rings (SSSR count). The van der Waals surface area contributed by atoms with Crippen molar-refractivity contribution >= 4 is 6.03 Å². The summed E-state index contributed by atoms with van der Waals surface area (Å²) in [4.78, 5) is 15.7. The van der Waals surface area contributed by atoms with E-state index in [0.717, 1.165) is 25.7 Å². The molecule has 8 heteroatoms. The van der Waals surface area contributed by atoms with Gasteiger partial charge in [-0.2, -0.15) is 13.2 Å². The molecule has 0 unspecified atom stereocenters. The number of hydrogen-bond donors (Lipinski definition) is 2. The van der Waals surface area contributed by atoms with Crippen molar-refractivity contribution in [2.75, 3.05) is 6.61 Å². The lowest BCUT2D eigenvalue weighted by Gasteiger charge is -2.21. The van der Waals surface area contributed by atoms with Gasteiger partial charge < -0.3 is 15.4 Å². The van der Waals surface area contributed by atoms with Gasteiger partial charge in [0.1, 0.15) is 0 Å². The highest BCUT2D eigenvalue weighted by Crippen LogP contribution is 2.18. The fourth-order valence-electron chi connectivity index (χ4n) is 2.81. The Hall–Kier alpha value is -1.99. The van der Waals surface area contributed by atoms with Gasteiger partial charge in [0.2, 0.25) is 5.88 Å². The molecule has 140 valence electrons. The first-order valence-corrected chi connectivity index (χ1v) is 8.61. The Morgan fingerprint density at radius 2 is 1.88 bits per heavy atom. The number of pyridine rings is 1. The van der Waals surface area contributed by atoms with Gasteiger partial charge in [-0.25, -0.2) is 9.78 Å². The van der Waals surface area contributed by atoms with E-state index in [0.29, 0.717) is 5.56 Å². The summed E-state index contributed by atoms with van der Waals surface area (Å²) in [6.45, 7) is -1.19. The summed E-state index contributed by atoms with van der Waals surface area (Å²) in [5.74, 6) is -0.114. The van der Waals surface area contributed by atoms with E-state index in [4.69, 9.17) is 0 Å². The van der Waals surface area contributed by atoms with Gasteiger partial charge in [-0.15, -0.1) is 0 Å². The van der Waals surface area contributed by atoms with Gasteiger partial charge in [-0.1, -0.05) is 32.1 Å². The molecule has 0 bridgehead atoms. The van der Waals surface area contributed by atoms with Crippen LogP contribution >= 0.6 is 0 Å². The van der Waals surface area contributed by atoms with Gasteiger partial charge in [0.05, 0.1) is 0 Å². The molecule has 0 aromatic carbocycles. The van der Waals surface area contributed by atoms with Crippen LogP contribution in [0.3, 0.4) is 0 Å². The Morgan fingerprint density at radius 3 is 2.56 bits per heavy atom. The second kappa shape index (κ2) is 9.48. The Morgan fingerprint density at radius 1 is 1.20 bits per heavy atom. The smallest absolute Gasteiger partial charge is 0.422 e. The third kappa shape index (κ3) is 8.09. The zero-order valence-corrected chi connectivity index (χ0v) is 14.1. The minimum Gasteiger partial charge on any atom is -0.468 e. The van der Waals surface area contributed by atoms with E-state index in [2.05, 4.69) is 20.4 Å². The monoisotopic (exact) mass is 359 g/mol. The van der Waals surface area contributed by atoms with E-state index in [1.165, 1.54) is 31.5 Å². The highest BCUT2D eigenvalue weighted by molar-refractivity contribution is 5.74. The van der Waals surface area contributed by atoms with Crippen molar-refractivity contribution in [1.82, 2.24) is 15.6 Å². The highest BCUT2D eigenvalue weighted by atomic mass is 19.4. The van der Waals surface area contributed by atoms with Crippen LogP contribution in [0.15, 0.2) is 18.3 Å². The fraction of sp³-hybridized carbons (Fsp3) is 0.647. The molecule has 1 aliphatic carbocycles. The van der Waals surface area contributed by atoms with Crippen LogP contribution in [0.4, 0.5) is 18.0 Å². The van der Waals surface area contributed by atoms with Crippen LogP contribution in [0, 0.1) is 0 Å². The van der Waals surface area contributed by atoms with Crippen LogP contribution in [0.5, 0.6) is 5.88 Å². The van der Waals surface area contributed by atoms with Crippen LogP contribution in [-0.4, -0.2) is 29.8 Å². The van der Waals surface area contributed by atoms with Gasteiger partial charge in [0, 0.05) is 24.8 Å². The maximum absolute atomic E-state index is 12.2. The van der Waals surface area contributed by atoms with Gasteiger partial charge in [0.25, 0.3) is 0 Å². The number of nitrogens with zero attached hydrogens (tertiary/aromatic N) is 1. The molecule has 1 heterocycles. The molecule has 0 atom stereocenters. The van der Waals surface area contributed by atoms with Crippen LogP contribution in [-0.2, 0) is 6.54 Å². The number of aromatic nitrogens is 1. The average Bonchev–Trinajstić information content (AvgIpc) is 2.53. The molecule has 1 aliphatic rings. The molecule has 0 spiro atoms. The second-order valence-corrected chi connectivity index (χ2v) is 6.28. The van der Waals surface area contributed by atoms with Crippen molar-refractivity contribution in [3.63, 3.8) is 0 Å². The first kappa shape index (κ1) is 19.3. The van der Waals surface area contributed by atoms with E-state index in [-0.39, 0.29) is 24.5 Å². The topological polar surface area (TPSA) is 63.2 Å². The van der Waals surface area contributed by atoms with Crippen molar-refractivity contribution in [2.45, 2.75) is 63.7 Å². The standard InChI is InChI=1S/C17H24F3N3O2/c18-17(19,20)12-25-15-10-13(8-9-21-15)11-22-16(24)23-14-6-4-2-1-3-5-7-14/h8-10,14H,1-7,11-12H2,(H2,22,23,24). The molecule has 25 heavy (non-hydrogen) atoms. The molecule has 0 aliphatic heterocycles. The molecular weight excluding hydrogens is 335 g/mol. The molecule has 0 saturated heterocycles. The lowest BCUT2D eigenvalue weighted by molar-refractivity contribution is -0.154. The zero-order valence-electron chi connectivity index (χ0n) is 14.1. The summed E-state index contributed by atoms with van der Waals surface area (Å²) >= 11 is 0. The zero-order chi connectivity index (χ0) is 18.1. The summed E-state index contributed by atoms with van der Waals surface area (Å²) in [7, 11) is 0. The summed E-state index contributed by atoms with van der Waals surface area (Å²) in [6.07, 6.45) is 4.83. The number of nitrogens with one attached hydrogen (secondary N) is 2. The van der Waals surface area contributed by atoms with Gasteiger partial charge >= 0.3 is 12.2 Å². The second-order valence-electron chi connectivity index (χ2n) is 6.28. The maximum atomic E-state index is 12.2. The Balaban J connectivity index is 1.76. The first-order valence-electron chi connectivity index (χ1n) is 8.61. The SMILES string of the molecule is O=C(NCc1ccnc(OCC(F)(F)F)c1)NC1CCCCCCC1. The van der Waals surface area contributed by atoms with Crippen LogP contribution in [0.1, 0.15) is 50.5 Å². The minimum absolute atomic E-state index is 0.114. The van der Waals surface area contributed by atoms with E-state index >= 15 is 0 Å². The van der Waals surface area contributed by atoms with Gasteiger partial charge in [0.15, 0.2) is 6.61 Å².